The van der Waals surface area contributed by atoms with E-state index < -0.39 is 14.6 Å². The van der Waals surface area contributed by atoms with Crippen molar-refractivity contribution >= 4 is 24.6 Å². The predicted molar refractivity (Wildman–Crippen MR) is 82.3 cm³/mol. The average Bonchev–Trinajstić information content (AvgIpc) is 2.96. The fraction of sp³-hybridized carbons (Fsp3) is 0.429. The predicted octanol–water partition coefficient (Wildman–Crippen LogP) is 1.63. The Morgan fingerprint density at radius 2 is 2.00 bits per heavy atom. The molecule has 0 amide bonds. The van der Waals surface area contributed by atoms with Gasteiger partial charge in [0, 0.05) is 0 Å². The van der Waals surface area contributed by atoms with Gasteiger partial charge in [0.15, 0.2) is 0 Å². The Morgan fingerprint density at radius 1 is 1.27 bits per heavy atom. The molecule has 0 spiro atoms. The monoisotopic (exact) mass is 388 g/mol. The first-order valence-corrected chi connectivity index (χ1v) is 9.87. The fourth-order valence-corrected chi connectivity index (χ4v) is 6.40. The van der Waals surface area contributed by atoms with E-state index >= 15 is 0 Å². The van der Waals surface area contributed by atoms with Gasteiger partial charge in [-0.25, -0.2) is 0 Å². The van der Waals surface area contributed by atoms with E-state index in [1.807, 2.05) is 6.92 Å². The Kier molecular flexibility index (Phi) is 3.58. The van der Waals surface area contributed by atoms with Crippen molar-refractivity contribution in [1.82, 2.24) is 9.19 Å². The van der Waals surface area contributed by atoms with Crippen molar-refractivity contribution in [3.05, 3.63) is 16.6 Å². The molecule has 0 fully saturated rings. The van der Waals surface area contributed by atoms with E-state index in [9.17, 15) is 8.42 Å². The Bertz CT molecular complexity index is 843. The van der Waals surface area contributed by atoms with Crippen LogP contribution in [0.25, 0.3) is 11.3 Å². The molecule has 1 aliphatic rings. The average molecular weight is 387 g/mol. The van der Waals surface area contributed by atoms with E-state index in [1.165, 1.54) is 13.2 Å². The van der Waals surface area contributed by atoms with Gasteiger partial charge >= 0.3 is 135 Å². The van der Waals surface area contributed by atoms with Crippen molar-refractivity contribution in [2.45, 2.75) is 30.4 Å². The molecule has 2 heterocycles. The number of nitrogens with zero attached hydrogens (tertiary/aromatic N) is 2. The molecule has 1 aromatic carbocycles. The third-order valence-electron chi connectivity index (χ3n) is 3.82. The zero-order valence-electron chi connectivity index (χ0n) is 12.7. The third kappa shape index (κ3) is 1.94. The maximum absolute atomic E-state index is 13.0. The van der Waals surface area contributed by atoms with Gasteiger partial charge in [0.25, 0.3) is 0 Å². The van der Waals surface area contributed by atoms with Crippen LogP contribution < -0.4 is 9.47 Å². The summed E-state index contributed by atoms with van der Waals surface area (Å²) in [5, 5.41) is 4.19. The Morgan fingerprint density at radius 3 is 2.64 bits per heavy atom. The van der Waals surface area contributed by atoms with E-state index in [1.54, 1.807) is 19.9 Å². The van der Waals surface area contributed by atoms with E-state index in [-0.39, 0.29) is 19.6 Å². The molecule has 6 nitrogen and oxygen atoms in total. The molecule has 0 bridgehead atoms. The van der Waals surface area contributed by atoms with Crippen LogP contribution in [0.4, 0.5) is 0 Å². The summed E-state index contributed by atoms with van der Waals surface area (Å²) in [6.45, 7) is 5.75. The summed E-state index contributed by atoms with van der Waals surface area (Å²) in [7, 11) is -2.04. The van der Waals surface area contributed by atoms with Gasteiger partial charge in [-0.2, -0.15) is 0 Å². The molecule has 118 valence electrons. The van der Waals surface area contributed by atoms with Crippen LogP contribution in [0.15, 0.2) is 17.0 Å². The van der Waals surface area contributed by atoms with E-state index in [4.69, 9.17) is 9.47 Å². The molecular formula is C14H16N2O4SSe. The first kappa shape index (κ1) is 15.5. The molecule has 8 heteroatoms. The normalized spacial score (nSPS) is 17.5. The maximum atomic E-state index is 13.0. The summed E-state index contributed by atoms with van der Waals surface area (Å²) in [4.78, 5) is 0.230. The SMILES string of the molecule is CCOc1cc2c(cc1OC)S(=O)(=O)C(C)(C)c1[se]nnc1-2. The fourth-order valence-electron chi connectivity index (χ4n) is 2.54. The molecule has 2 aromatic rings. The Balaban J connectivity index is 2.38. The van der Waals surface area contributed by atoms with Gasteiger partial charge in [-0.15, -0.1) is 0 Å². The van der Waals surface area contributed by atoms with Crippen molar-refractivity contribution < 1.29 is 17.9 Å². The topological polar surface area (TPSA) is 78.4 Å². The molecule has 0 unspecified atom stereocenters. The summed E-state index contributed by atoms with van der Waals surface area (Å²) >= 11 is -0.282. The van der Waals surface area contributed by atoms with Crippen LogP contribution in [-0.4, -0.2) is 46.1 Å². The summed E-state index contributed by atoms with van der Waals surface area (Å²) < 4.78 is 40.7. The van der Waals surface area contributed by atoms with Crippen molar-refractivity contribution in [3.63, 3.8) is 0 Å². The zero-order valence-corrected chi connectivity index (χ0v) is 15.2. The van der Waals surface area contributed by atoms with Gasteiger partial charge in [-0.1, -0.05) is 0 Å². The van der Waals surface area contributed by atoms with E-state index in [0.717, 1.165) is 4.44 Å². The number of aromatic nitrogens is 2. The zero-order chi connectivity index (χ0) is 16.1. The van der Waals surface area contributed by atoms with E-state index in [2.05, 4.69) is 9.19 Å². The Labute approximate surface area is 135 Å². The molecule has 0 aliphatic carbocycles. The summed E-state index contributed by atoms with van der Waals surface area (Å²) in [5.74, 6) is 0.921. The number of sulfone groups is 1. The van der Waals surface area contributed by atoms with Crippen LogP contribution in [0.1, 0.15) is 25.2 Å². The molecule has 1 aromatic heterocycles. The minimum atomic E-state index is -3.54. The van der Waals surface area contributed by atoms with Crippen LogP contribution in [0, 0.1) is 0 Å². The molecule has 0 N–H and O–H groups in total. The second-order valence-electron chi connectivity index (χ2n) is 5.40. The molecule has 0 radical (unpaired) electrons. The van der Waals surface area contributed by atoms with Crippen molar-refractivity contribution in [3.8, 4) is 22.8 Å². The summed E-state index contributed by atoms with van der Waals surface area (Å²) in [6, 6.07) is 3.22. The summed E-state index contributed by atoms with van der Waals surface area (Å²) in [5.41, 5.74) is 1.22. The quantitative estimate of drug-likeness (QED) is 0.745. The van der Waals surface area contributed by atoms with E-state index in [0.29, 0.717) is 29.4 Å². The molecule has 1 aliphatic heterocycles. The van der Waals surface area contributed by atoms with Crippen LogP contribution >= 0.6 is 0 Å². The number of hydrogen-bond acceptors (Lipinski definition) is 6. The van der Waals surface area contributed by atoms with Gasteiger partial charge < -0.3 is 0 Å². The number of rotatable bonds is 3. The van der Waals surface area contributed by atoms with Crippen LogP contribution in [0.3, 0.4) is 0 Å². The molecule has 0 saturated heterocycles. The minimum absolute atomic E-state index is 0.230. The second-order valence-corrected chi connectivity index (χ2v) is 9.45. The van der Waals surface area contributed by atoms with Crippen LogP contribution in [0.2, 0.25) is 0 Å². The molecule has 0 saturated carbocycles. The van der Waals surface area contributed by atoms with Gasteiger partial charge in [0.1, 0.15) is 0 Å². The Hall–Kier alpha value is -1.37. The molecule has 0 atom stereocenters. The van der Waals surface area contributed by atoms with Gasteiger partial charge in [-0.3, -0.25) is 0 Å². The van der Waals surface area contributed by atoms with Gasteiger partial charge in [-0.05, 0) is 0 Å². The number of ether oxygens (including phenoxy) is 2. The number of methoxy groups -OCH3 is 1. The molecule has 22 heavy (non-hydrogen) atoms. The van der Waals surface area contributed by atoms with Crippen molar-refractivity contribution in [1.29, 1.82) is 0 Å². The standard InChI is InChI=1S/C14H16N2O4SSe/c1-5-20-10-6-8-11(7-9(10)19-4)21(17,18)14(2,3)13-12(8)15-16-22-13/h6-7H,5H2,1-4H3. The second kappa shape index (κ2) is 5.08. The molecule has 3 rings (SSSR count). The number of benzene rings is 1. The summed E-state index contributed by atoms with van der Waals surface area (Å²) in [6.07, 6.45) is 0. The van der Waals surface area contributed by atoms with Gasteiger partial charge in [0.2, 0.25) is 0 Å². The van der Waals surface area contributed by atoms with Crippen molar-refractivity contribution in [2.75, 3.05) is 13.7 Å². The first-order valence-electron chi connectivity index (χ1n) is 6.77. The van der Waals surface area contributed by atoms with Gasteiger partial charge in [0.05, 0.1) is 0 Å². The van der Waals surface area contributed by atoms with Crippen LogP contribution in [0.5, 0.6) is 11.5 Å². The molecular weight excluding hydrogens is 371 g/mol. The number of hydrogen-bond donors (Lipinski definition) is 0. The third-order valence-corrected chi connectivity index (χ3v) is 8.78. The number of fused-ring (bicyclic) bond motifs is 3. The van der Waals surface area contributed by atoms with Crippen LogP contribution in [-0.2, 0) is 14.6 Å². The van der Waals surface area contributed by atoms with Crippen molar-refractivity contribution in [2.24, 2.45) is 0 Å². The first-order chi connectivity index (χ1) is 10.3.